The zero-order valence-corrected chi connectivity index (χ0v) is 13.1. The van der Waals surface area contributed by atoms with Gasteiger partial charge in [-0.3, -0.25) is 4.79 Å². The topological polar surface area (TPSA) is 57.8 Å². The van der Waals surface area contributed by atoms with Crippen LogP contribution in [-0.2, 0) is 0 Å². The maximum atomic E-state index is 13.8. The van der Waals surface area contributed by atoms with E-state index in [1.165, 1.54) is 12.1 Å². The Morgan fingerprint density at radius 1 is 1.43 bits per heavy atom. The average Bonchev–Trinajstić information content (AvgIpc) is 2.83. The minimum atomic E-state index is -0.635. The third-order valence-corrected chi connectivity index (χ3v) is 3.38. The monoisotopic (exact) mass is 349 g/mol. The number of carbonyl (C=O) groups excluding carboxylic acids is 1. The molecule has 0 saturated heterocycles. The molecule has 0 atom stereocenters. The molecule has 0 radical (unpaired) electrons. The molecule has 0 aliphatic heterocycles. The molecule has 1 aromatic heterocycles. The lowest BCUT2D eigenvalue weighted by Crippen LogP contribution is -2.18. The highest BCUT2D eigenvalue weighted by Gasteiger charge is 2.16. The van der Waals surface area contributed by atoms with E-state index in [0.717, 1.165) is 10.5 Å². The normalized spacial score (nSPS) is 10.5. The Bertz CT molecular complexity index is 731. The fourth-order valence-electron chi connectivity index (χ4n) is 1.93. The number of hydrogen-bond donors (Lipinski definition) is 1. The molecule has 4 nitrogen and oxygen atoms in total. The Hall–Kier alpha value is -2.13. The van der Waals surface area contributed by atoms with Crippen molar-refractivity contribution in [2.75, 3.05) is 5.32 Å². The van der Waals surface area contributed by atoms with Crippen LogP contribution in [0, 0.1) is 17.1 Å². The molecule has 1 amide bonds. The summed E-state index contributed by atoms with van der Waals surface area (Å²) >= 11 is 3.33. The molecule has 2 aromatic rings. The van der Waals surface area contributed by atoms with Crippen molar-refractivity contribution in [2.24, 2.45) is 0 Å². The first-order valence-electron chi connectivity index (χ1n) is 6.30. The van der Waals surface area contributed by atoms with Crippen molar-refractivity contribution in [3.8, 4) is 6.07 Å². The number of benzene rings is 1. The van der Waals surface area contributed by atoms with E-state index in [2.05, 4.69) is 21.2 Å². The number of amides is 1. The van der Waals surface area contributed by atoms with Crippen LogP contribution in [0.15, 0.2) is 34.9 Å². The van der Waals surface area contributed by atoms with Gasteiger partial charge >= 0.3 is 0 Å². The van der Waals surface area contributed by atoms with Crippen LogP contribution in [-0.4, -0.2) is 10.5 Å². The standard InChI is InChI=1S/C15H13BrFN3O/c1-9(2)20-8-11(16)6-14(20)15(21)19-13-4-3-10(7-18)5-12(13)17/h3-6,8-9H,1-2H3,(H,19,21). The van der Waals surface area contributed by atoms with E-state index >= 15 is 0 Å². The van der Waals surface area contributed by atoms with Gasteiger partial charge in [0.2, 0.25) is 0 Å². The first-order valence-corrected chi connectivity index (χ1v) is 7.10. The maximum absolute atomic E-state index is 13.8. The third-order valence-electron chi connectivity index (χ3n) is 2.95. The van der Waals surface area contributed by atoms with E-state index in [-0.39, 0.29) is 17.3 Å². The van der Waals surface area contributed by atoms with E-state index in [0.29, 0.717) is 5.69 Å². The van der Waals surface area contributed by atoms with Crippen LogP contribution in [0.2, 0.25) is 0 Å². The van der Waals surface area contributed by atoms with Crippen molar-refractivity contribution in [3.63, 3.8) is 0 Å². The van der Waals surface area contributed by atoms with Gasteiger partial charge in [-0.25, -0.2) is 4.39 Å². The highest BCUT2D eigenvalue weighted by molar-refractivity contribution is 9.10. The Balaban J connectivity index is 2.29. The molecule has 6 heteroatoms. The minimum Gasteiger partial charge on any atom is -0.340 e. The molecule has 1 aromatic carbocycles. The van der Waals surface area contributed by atoms with E-state index < -0.39 is 11.7 Å². The summed E-state index contributed by atoms with van der Waals surface area (Å²) in [5.41, 5.74) is 0.686. The predicted molar refractivity (Wildman–Crippen MR) is 81.6 cm³/mol. The average molecular weight is 350 g/mol. The largest absolute Gasteiger partial charge is 0.340 e. The van der Waals surface area contributed by atoms with Crippen LogP contribution < -0.4 is 5.32 Å². The van der Waals surface area contributed by atoms with Gasteiger partial charge in [-0.05, 0) is 54.0 Å². The highest BCUT2D eigenvalue weighted by Crippen LogP contribution is 2.22. The zero-order chi connectivity index (χ0) is 15.6. The lowest BCUT2D eigenvalue weighted by molar-refractivity contribution is 0.101. The van der Waals surface area contributed by atoms with Crippen molar-refractivity contribution in [1.82, 2.24) is 4.57 Å². The van der Waals surface area contributed by atoms with E-state index in [1.54, 1.807) is 16.8 Å². The number of anilines is 1. The van der Waals surface area contributed by atoms with Gasteiger partial charge < -0.3 is 9.88 Å². The molecule has 1 heterocycles. The number of aromatic nitrogens is 1. The third kappa shape index (κ3) is 3.31. The smallest absolute Gasteiger partial charge is 0.272 e. The molecule has 0 spiro atoms. The van der Waals surface area contributed by atoms with Crippen LogP contribution in [0.4, 0.5) is 10.1 Å². The molecule has 2 rings (SSSR count). The van der Waals surface area contributed by atoms with Gasteiger partial charge in [-0.15, -0.1) is 0 Å². The molecular weight excluding hydrogens is 337 g/mol. The van der Waals surface area contributed by atoms with Crippen molar-refractivity contribution < 1.29 is 9.18 Å². The van der Waals surface area contributed by atoms with Crippen LogP contribution >= 0.6 is 15.9 Å². The predicted octanol–water partition coefficient (Wildman–Crippen LogP) is 4.09. The minimum absolute atomic E-state index is 0.0478. The molecular formula is C15H13BrFN3O. The van der Waals surface area contributed by atoms with Crippen LogP contribution in [0.1, 0.15) is 35.9 Å². The van der Waals surface area contributed by atoms with Crippen molar-refractivity contribution >= 4 is 27.5 Å². The SMILES string of the molecule is CC(C)n1cc(Br)cc1C(=O)Nc1ccc(C#N)cc1F. The molecule has 0 bridgehead atoms. The van der Waals surface area contributed by atoms with E-state index in [4.69, 9.17) is 5.26 Å². The molecule has 0 unspecified atom stereocenters. The van der Waals surface area contributed by atoms with Gasteiger partial charge in [-0.1, -0.05) is 0 Å². The van der Waals surface area contributed by atoms with Gasteiger partial charge in [0.15, 0.2) is 0 Å². The molecule has 108 valence electrons. The summed E-state index contributed by atoms with van der Waals surface area (Å²) < 4.78 is 16.4. The summed E-state index contributed by atoms with van der Waals surface area (Å²) in [4.78, 5) is 12.3. The number of hydrogen-bond acceptors (Lipinski definition) is 2. The summed E-state index contributed by atoms with van der Waals surface area (Å²) in [6, 6.07) is 7.54. The van der Waals surface area contributed by atoms with Crippen molar-refractivity contribution in [3.05, 3.63) is 52.0 Å². The van der Waals surface area contributed by atoms with Crippen LogP contribution in [0.5, 0.6) is 0 Å². The number of rotatable bonds is 3. The first kappa shape index (κ1) is 15.3. The summed E-state index contributed by atoms with van der Waals surface area (Å²) in [5.74, 6) is -1.04. The Morgan fingerprint density at radius 2 is 2.14 bits per heavy atom. The van der Waals surface area contributed by atoms with Gasteiger partial charge in [-0.2, -0.15) is 5.26 Å². The van der Waals surface area contributed by atoms with Gasteiger partial charge in [0.05, 0.1) is 17.3 Å². The maximum Gasteiger partial charge on any atom is 0.272 e. The summed E-state index contributed by atoms with van der Waals surface area (Å²) in [6.45, 7) is 3.90. The molecule has 0 fully saturated rings. The molecule has 0 aliphatic rings. The molecule has 0 saturated carbocycles. The molecule has 21 heavy (non-hydrogen) atoms. The number of nitrogens with zero attached hydrogens (tertiary/aromatic N) is 2. The quantitative estimate of drug-likeness (QED) is 0.906. The highest BCUT2D eigenvalue weighted by atomic mass is 79.9. The summed E-state index contributed by atoms with van der Waals surface area (Å²) in [5, 5.41) is 11.2. The van der Waals surface area contributed by atoms with Crippen molar-refractivity contribution in [2.45, 2.75) is 19.9 Å². The fraction of sp³-hybridized carbons (Fsp3) is 0.200. The van der Waals surface area contributed by atoms with Gasteiger partial charge in [0.25, 0.3) is 5.91 Å². The second-order valence-electron chi connectivity index (χ2n) is 4.81. The Morgan fingerprint density at radius 3 is 2.71 bits per heavy atom. The lowest BCUT2D eigenvalue weighted by atomic mass is 10.2. The summed E-state index contributed by atoms with van der Waals surface area (Å²) in [7, 11) is 0. The Kier molecular flexibility index (Phi) is 4.43. The van der Waals surface area contributed by atoms with Gasteiger partial charge in [0.1, 0.15) is 11.5 Å². The fourth-order valence-corrected chi connectivity index (χ4v) is 2.36. The second kappa shape index (κ2) is 6.10. The number of carbonyl (C=O) groups is 1. The lowest BCUT2D eigenvalue weighted by Gasteiger charge is -2.13. The molecule has 1 N–H and O–H groups in total. The van der Waals surface area contributed by atoms with Crippen molar-refractivity contribution in [1.29, 1.82) is 5.26 Å². The van der Waals surface area contributed by atoms with Crippen LogP contribution in [0.3, 0.4) is 0 Å². The van der Waals surface area contributed by atoms with Crippen LogP contribution in [0.25, 0.3) is 0 Å². The number of nitrogens with one attached hydrogen (secondary N) is 1. The summed E-state index contributed by atoms with van der Waals surface area (Å²) in [6.07, 6.45) is 1.80. The molecule has 0 aliphatic carbocycles. The Labute approximate surface area is 130 Å². The zero-order valence-electron chi connectivity index (χ0n) is 11.5. The van der Waals surface area contributed by atoms with E-state index in [9.17, 15) is 9.18 Å². The number of halogens is 2. The van der Waals surface area contributed by atoms with E-state index in [1.807, 2.05) is 19.9 Å². The van der Waals surface area contributed by atoms with Gasteiger partial charge in [0, 0.05) is 16.7 Å². The first-order chi connectivity index (χ1) is 9.92. The number of nitriles is 1. The second-order valence-corrected chi connectivity index (χ2v) is 5.72.